The van der Waals surface area contributed by atoms with Gasteiger partial charge in [0, 0.05) is 19.3 Å². The molecule has 0 radical (unpaired) electrons. The van der Waals surface area contributed by atoms with E-state index in [0.717, 1.165) is 0 Å². The Bertz CT molecular complexity index is 2020. The second kappa shape index (κ2) is 31.8. The molecular weight excluding hydrogens is 935 g/mol. The van der Waals surface area contributed by atoms with Gasteiger partial charge in [-0.25, -0.2) is 4.79 Å². The van der Waals surface area contributed by atoms with Crippen molar-refractivity contribution in [1.82, 2.24) is 42.5 Å². The Morgan fingerprint density at radius 2 is 1.01 bits per heavy atom. The minimum atomic E-state index is -1.68. The van der Waals surface area contributed by atoms with E-state index in [9.17, 15) is 72.9 Å². The monoisotopic (exact) mass is 1010 g/mol. The molecule has 0 aromatic heterocycles. The second-order valence-corrected chi connectivity index (χ2v) is 17.6. The number of aliphatic carboxylic acids is 3. The van der Waals surface area contributed by atoms with Gasteiger partial charge < -0.3 is 75.1 Å². The maximum atomic E-state index is 14.1. The molecule has 0 saturated heterocycles. The van der Waals surface area contributed by atoms with E-state index in [0.29, 0.717) is 18.4 Å². The number of rotatable bonds is 34. The fourth-order valence-electron chi connectivity index (χ4n) is 6.70. The number of hydrogen-bond acceptors (Lipinski definition) is 14. The van der Waals surface area contributed by atoms with Crippen LogP contribution in [0, 0.1) is 11.8 Å². The molecule has 0 aliphatic carbocycles. The highest BCUT2D eigenvalue weighted by molar-refractivity contribution is 5.98. The SMILES string of the molecule is CC(C)C[C@H](NC(=O)[C@H](Cc1ccccc1)NC(=O)CNC(=O)[C@H](CCCCN)NC(=O)[C@H](CC(N)=O)NC(=O)[C@H](C)N)C(=O)N[C@@H](CCC(=O)O)C(=O)N[C@@H](CCC(=O)O)C(=O)N[C@H](C(=O)O)C(C)C. The van der Waals surface area contributed by atoms with Gasteiger partial charge in [-0.05, 0) is 69.4 Å². The smallest absolute Gasteiger partial charge is 0.326 e. The Kier molecular flexibility index (Phi) is 27.7. The largest absolute Gasteiger partial charge is 0.481 e. The molecule has 1 rings (SSSR count). The van der Waals surface area contributed by atoms with E-state index in [1.54, 1.807) is 44.2 Å². The predicted molar refractivity (Wildman–Crippen MR) is 253 cm³/mol. The third-order valence-corrected chi connectivity index (χ3v) is 10.5. The summed E-state index contributed by atoms with van der Waals surface area (Å²) in [5.41, 5.74) is 17.0. The highest BCUT2D eigenvalue weighted by atomic mass is 16.4. The van der Waals surface area contributed by atoms with Crippen molar-refractivity contribution in [3.63, 3.8) is 0 Å². The number of primary amides is 1. The number of hydrogen-bond donors (Lipinski definition) is 14. The Morgan fingerprint density at radius 3 is 1.48 bits per heavy atom. The van der Waals surface area contributed by atoms with Crippen molar-refractivity contribution < 1.29 is 72.9 Å². The molecule has 0 aliphatic rings. The van der Waals surface area contributed by atoms with Crippen LogP contribution >= 0.6 is 0 Å². The van der Waals surface area contributed by atoms with Gasteiger partial charge in [0.2, 0.25) is 53.2 Å². The molecular formula is C45H71N11O15. The van der Waals surface area contributed by atoms with Crippen molar-refractivity contribution in [3.05, 3.63) is 35.9 Å². The van der Waals surface area contributed by atoms with E-state index < -0.39 is 164 Å². The van der Waals surface area contributed by atoms with Crippen molar-refractivity contribution >= 4 is 71.1 Å². The molecule has 396 valence electrons. The lowest BCUT2D eigenvalue weighted by Gasteiger charge is -2.28. The summed E-state index contributed by atoms with van der Waals surface area (Å²) in [5.74, 6) is -13.5. The van der Waals surface area contributed by atoms with Gasteiger partial charge in [0.05, 0.1) is 19.0 Å². The third kappa shape index (κ3) is 24.8. The average Bonchev–Trinajstić information content (AvgIpc) is 3.28. The summed E-state index contributed by atoms with van der Waals surface area (Å²) in [4.78, 5) is 154. The van der Waals surface area contributed by atoms with Crippen LogP contribution in [0.25, 0.3) is 0 Å². The van der Waals surface area contributed by atoms with Crippen LogP contribution in [0.3, 0.4) is 0 Å². The molecule has 0 fully saturated rings. The quantitative estimate of drug-likeness (QED) is 0.0299. The number of amides is 9. The number of nitrogens with two attached hydrogens (primary N) is 3. The first-order valence-electron chi connectivity index (χ1n) is 23.1. The summed E-state index contributed by atoms with van der Waals surface area (Å²) in [6, 6.07) is -3.07. The summed E-state index contributed by atoms with van der Waals surface area (Å²) in [5, 5.41) is 47.6. The Hall–Kier alpha value is -7.22. The summed E-state index contributed by atoms with van der Waals surface area (Å²) >= 11 is 0. The van der Waals surface area contributed by atoms with E-state index in [4.69, 9.17) is 17.2 Å². The molecule has 1 aromatic carbocycles. The van der Waals surface area contributed by atoms with E-state index in [1.165, 1.54) is 20.8 Å². The zero-order valence-corrected chi connectivity index (χ0v) is 40.6. The fourth-order valence-corrected chi connectivity index (χ4v) is 6.70. The maximum absolute atomic E-state index is 14.1. The van der Waals surface area contributed by atoms with Crippen LogP contribution < -0.4 is 59.7 Å². The predicted octanol–water partition coefficient (Wildman–Crippen LogP) is -3.39. The fraction of sp³-hybridized carbons (Fsp3) is 0.600. The molecule has 26 nitrogen and oxygen atoms in total. The van der Waals surface area contributed by atoms with Gasteiger partial charge in [0.1, 0.15) is 42.3 Å². The lowest BCUT2D eigenvalue weighted by molar-refractivity contribution is -0.144. The van der Waals surface area contributed by atoms with Crippen LogP contribution in [0.1, 0.15) is 98.0 Å². The number of carboxylic acid groups (broad SMARTS) is 3. The third-order valence-electron chi connectivity index (χ3n) is 10.5. The van der Waals surface area contributed by atoms with Crippen molar-refractivity contribution in [2.24, 2.45) is 29.0 Å². The van der Waals surface area contributed by atoms with Gasteiger partial charge in [-0.15, -0.1) is 0 Å². The van der Waals surface area contributed by atoms with Gasteiger partial charge in [0.15, 0.2) is 0 Å². The molecule has 0 saturated carbocycles. The number of benzene rings is 1. The van der Waals surface area contributed by atoms with Crippen molar-refractivity contribution in [3.8, 4) is 0 Å². The second-order valence-electron chi connectivity index (χ2n) is 17.6. The summed E-state index contributed by atoms with van der Waals surface area (Å²) in [7, 11) is 0. The lowest BCUT2D eigenvalue weighted by atomic mass is 10.00. The average molecular weight is 1010 g/mol. The maximum Gasteiger partial charge on any atom is 0.326 e. The molecule has 0 unspecified atom stereocenters. The molecule has 0 spiro atoms. The van der Waals surface area contributed by atoms with Crippen molar-refractivity contribution in [1.29, 1.82) is 0 Å². The van der Waals surface area contributed by atoms with Crippen LogP contribution in [0.4, 0.5) is 0 Å². The Balaban J connectivity index is 3.43. The Morgan fingerprint density at radius 1 is 0.549 bits per heavy atom. The normalized spacial score (nSPS) is 14.4. The number of carboxylic acids is 3. The topological polar surface area (TPSA) is 440 Å². The van der Waals surface area contributed by atoms with Crippen LogP contribution in [-0.4, -0.2) is 148 Å². The van der Waals surface area contributed by atoms with E-state index >= 15 is 0 Å². The van der Waals surface area contributed by atoms with Gasteiger partial charge in [-0.3, -0.25) is 52.7 Å². The van der Waals surface area contributed by atoms with Gasteiger partial charge in [0.25, 0.3) is 0 Å². The van der Waals surface area contributed by atoms with Gasteiger partial charge >= 0.3 is 17.9 Å². The van der Waals surface area contributed by atoms with E-state index in [2.05, 4.69) is 42.5 Å². The highest BCUT2D eigenvalue weighted by Crippen LogP contribution is 2.12. The van der Waals surface area contributed by atoms with Crippen LogP contribution in [0.2, 0.25) is 0 Å². The summed E-state index contributed by atoms with van der Waals surface area (Å²) in [6.45, 7) is 7.28. The number of carbonyl (C=O) groups excluding carboxylic acids is 9. The number of unbranched alkanes of at least 4 members (excludes halogenated alkanes) is 1. The zero-order chi connectivity index (χ0) is 54.0. The molecule has 8 atom stereocenters. The summed E-state index contributed by atoms with van der Waals surface area (Å²) < 4.78 is 0. The number of carbonyl (C=O) groups is 12. The van der Waals surface area contributed by atoms with E-state index in [-0.39, 0.29) is 31.7 Å². The summed E-state index contributed by atoms with van der Waals surface area (Å²) in [6.07, 6.45) is -2.41. The molecule has 0 bridgehead atoms. The molecule has 17 N–H and O–H groups in total. The minimum absolute atomic E-state index is 0.0181. The first-order chi connectivity index (χ1) is 33.2. The van der Waals surface area contributed by atoms with Crippen molar-refractivity contribution in [2.45, 2.75) is 147 Å². The first kappa shape index (κ1) is 61.8. The van der Waals surface area contributed by atoms with Gasteiger partial charge in [-0.2, -0.15) is 0 Å². The standard InChI is InChI=1S/C45H71N11O15/c1-23(2)19-30(42(67)53-28(14-16-35(59)60)40(65)52-29(15-17-36(61)62)41(66)56-37(24(3)4)45(70)71)55-43(68)31(20-26-11-7-6-8-12-26)50-34(58)22-49-39(64)27(13-9-10-18-46)51-44(69)32(21-33(48)57)54-38(63)25(5)47/h6-8,11-12,23-25,27-32,37H,9-10,13-22,46-47H2,1-5H3,(H2,48,57)(H,49,64)(H,50,58)(H,51,69)(H,52,65)(H,53,67)(H,54,63)(H,55,68)(H,56,66)(H,59,60)(H,61,62)(H,70,71)/t25-,27-,28-,29-,30-,31-,32-,37-/m0/s1. The molecule has 0 heterocycles. The molecule has 26 heteroatoms. The van der Waals surface area contributed by atoms with Crippen LogP contribution in [0.5, 0.6) is 0 Å². The Labute approximate surface area is 410 Å². The molecule has 1 aromatic rings. The van der Waals surface area contributed by atoms with E-state index in [1.807, 2.05) is 0 Å². The zero-order valence-electron chi connectivity index (χ0n) is 40.6. The lowest BCUT2D eigenvalue weighted by Crippen LogP contribution is -2.59. The van der Waals surface area contributed by atoms with Crippen LogP contribution in [0.15, 0.2) is 30.3 Å². The molecule has 71 heavy (non-hydrogen) atoms. The molecule has 0 aliphatic heterocycles. The van der Waals surface area contributed by atoms with Crippen molar-refractivity contribution in [2.75, 3.05) is 13.1 Å². The number of nitrogens with one attached hydrogen (secondary N) is 8. The highest BCUT2D eigenvalue weighted by Gasteiger charge is 2.35. The van der Waals surface area contributed by atoms with Crippen LogP contribution in [-0.2, 0) is 64.0 Å². The molecule has 9 amide bonds. The first-order valence-corrected chi connectivity index (χ1v) is 23.1. The minimum Gasteiger partial charge on any atom is -0.481 e. The van der Waals surface area contributed by atoms with Gasteiger partial charge in [-0.1, -0.05) is 58.0 Å².